The molecule has 0 saturated carbocycles. The predicted octanol–water partition coefficient (Wildman–Crippen LogP) is 2.98. The van der Waals surface area contributed by atoms with Crippen LogP contribution < -0.4 is 9.46 Å². The van der Waals surface area contributed by atoms with Gasteiger partial charge in [-0.05, 0) is 37.5 Å². The molecule has 1 heterocycles. The lowest BCUT2D eigenvalue weighted by Gasteiger charge is -2.23. The lowest BCUT2D eigenvalue weighted by atomic mass is 9.97. The summed E-state index contributed by atoms with van der Waals surface area (Å²) in [5.41, 5.74) is 1.23. The summed E-state index contributed by atoms with van der Waals surface area (Å²) in [6, 6.07) is 6.99. The summed E-state index contributed by atoms with van der Waals surface area (Å²) in [5.74, 6) is 1.08. The van der Waals surface area contributed by atoms with Crippen LogP contribution in [0.2, 0.25) is 0 Å². The highest BCUT2D eigenvalue weighted by Crippen LogP contribution is 2.27. The van der Waals surface area contributed by atoms with Crippen molar-refractivity contribution < 1.29 is 17.7 Å². The molecule has 0 aliphatic carbocycles. The summed E-state index contributed by atoms with van der Waals surface area (Å²) >= 11 is 0. The topological polar surface area (TPSA) is 81.4 Å². The average Bonchev–Trinajstić information content (AvgIpc) is 2.84. The van der Waals surface area contributed by atoms with Gasteiger partial charge in [-0.3, -0.25) is 0 Å². The summed E-state index contributed by atoms with van der Waals surface area (Å²) in [6.07, 6.45) is 0. The summed E-state index contributed by atoms with van der Waals surface area (Å²) < 4.78 is 38.3. The van der Waals surface area contributed by atoms with Crippen LogP contribution in [0.25, 0.3) is 0 Å². The van der Waals surface area contributed by atoms with Crippen LogP contribution in [0.5, 0.6) is 5.75 Å². The van der Waals surface area contributed by atoms with Crippen LogP contribution in [-0.2, 0) is 10.0 Å². The fourth-order valence-electron chi connectivity index (χ4n) is 2.48. The van der Waals surface area contributed by atoms with Crippen molar-refractivity contribution >= 4 is 10.0 Å². The molecule has 0 radical (unpaired) electrons. The number of ether oxygens (including phenoxy) is 1. The SMILES string of the molecule is COc1ccc([C@@H](NS(=O)(=O)c2c(C)noc2C)C(C)C)cc1. The Balaban J connectivity index is 2.35. The highest BCUT2D eigenvalue weighted by molar-refractivity contribution is 7.89. The first kappa shape index (κ1) is 17.5. The van der Waals surface area contributed by atoms with E-state index in [9.17, 15) is 8.42 Å². The van der Waals surface area contributed by atoms with Gasteiger partial charge < -0.3 is 9.26 Å². The summed E-state index contributed by atoms with van der Waals surface area (Å²) in [5, 5.41) is 3.72. The highest BCUT2D eigenvalue weighted by atomic mass is 32.2. The van der Waals surface area contributed by atoms with E-state index < -0.39 is 10.0 Å². The van der Waals surface area contributed by atoms with Gasteiger partial charge in [-0.1, -0.05) is 31.1 Å². The molecule has 2 rings (SSSR count). The molecule has 2 aromatic rings. The first-order valence-corrected chi connectivity index (χ1v) is 8.83. The average molecular weight is 338 g/mol. The standard InChI is InChI=1S/C16H22N2O4S/c1-10(2)15(13-6-8-14(21-5)9-7-13)18-23(19,20)16-11(3)17-22-12(16)4/h6-10,15,18H,1-5H3/t15-/m0/s1. The molecule has 1 N–H and O–H groups in total. The van der Waals surface area contributed by atoms with Gasteiger partial charge in [0.2, 0.25) is 10.0 Å². The maximum Gasteiger partial charge on any atom is 0.246 e. The van der Waals surface area contributed by atoms with Crippen LogP contribution in [-0.4, -0.2) is 20.7 Å². The van der Waals surface area contributed by atoms with Crippen molar-refractivity contribution in [2.45, 2.75) is 38.6 Å². The highest BCUT2D eigenvalue weighted by Gasteiger charge is 2.29. The summed E-state index contributed by atoms with van der Waals surface area (Å²) in [4.78, 5) is 0.108. The minimum absolute atomic E-state index is 0.0682. The fraction of sp³-hybridized carbons (Fsp3) is 0.438. The van der Waals surface area contributed by atoms with Crippen molar-refractivity contribution in [2.24, 2.45) is 5.92 Å². The van der Waals surface area contributed by atoms with Crippen molar-refractivity contribution in [2.75, 3.05) is 7.11 Å². The molecule has 1 aromatic carbocycles. The predicted molar refractivity (Wildman–Crippen MR) is 86.9 cm³/mol. The quantitative estimate of drug-likeness (QED) is 0.875. The Hall–Kier alpha value is -1.86. The molecular formula is C16H22N2O4S. The van der Waals surface area contributed by atoms with Gasteiger partial charge in [0, 0.05) is 6.04 Å². The molecule has 0 bridgehead atoms. The third kappa shape index (κ3) is 3.73. The Morgan fingerprint density at radius 3 is 2.22 bits per heavy atom. The van der Waals surface area contributed by atoms with Crippen LogP contribution in [0.15, 0.2) is 33.7 Å². The van der Waals surface area contributed by atoms with E-state index in [0.717, 1.165) is 11.3 Å². The van der Waals surface area contributed by atoms with Gasteiger partial charge in [0.15, 0.2) is 5.76 Å². The van der Waals surface area contributed by atoms with E-state index in [0.29, 0.717) is 5.69 Å². The molecule has 1 atom stereocenters. The van der Waals surface area contributed by atoms with Crippen LogP contribution in [0.1, 0.15) is 36.9 Å². The summed E-state index contributed by atoms with van der Waals surface area (Å²) in [7, 11) is -2.13. The molecule has 7 heteroatoms. The molecule has 126 valence electrons. The van der Waals surface area contributed by atoms with E-state index in [2.05, 4.69) is 9.88 Å². The lowest BCUT2D eigenvalue weighted by molar-refractivity contribution is 0.390. The van der Waals surface area contributed by atoms with Crippen LogP contribution in [0, 0.1) is 19.8 Å². The zero-order valence-electron chi connectivity index (χ0n) is 14.0. The van der Waals surface area contributed by atoms with Crippen molar-refractivity contribution in [1.82, 2.24) is 9.88 Å². The fourth-order valence-corrected chi connectivity index (χ4v) is 4.19. The number of aryl methyl sites for hydroxylation is 2. The maximum absolute atomic E-state index is 12.7. The third-order valence-electron chi connectivity index (χ3n) is 3.66. The van der Waals surface area contributed by atoms with E-state index in [-0.39, 0.29) is 22.6 Å². The van der Waals surface area contributed by atoms with Gasteiger partial charge in [-0.15, -0.1) is 0 Å². The van der Waals surface area contributed by atoms with Crippen molar-refractivity contribution in [3.8, 4) is 5.75 Å². The molecule has 0 unspecified atom stereocenters. The number of nitrogens with one attached hydrogen (secondary N) is 1. The Labute approximate surface area is 136 Å². The number of nitrogens with zero attached hydrogens (tertiary/aromatic N) is 1. The molecule has 23 heavy (non-hydrogen) atoms. The number of rotatable bonds is 6. The van der Waals surface area contributed by atoms with Crippen LogP contribution in [0.4, 0.5) is 0 Å². The van der Waals surface area contributed by atoms with E-state index in [4.69, 9.17) is 9.26 Å². The molecule has 0 amide bonds. The minimum Gasteiger partial charge on any atom is -0.497 e. The molecule has 6 nitrogen and oxygen atoms in total. The largest absolute Gasteiger partial charge is 0.497 e. The number of hydrogen-bond donors (Lipinski definition) is 1. The van der Waals surface area contributed by atoms with Gasteiger partial charge in [0.1, 0.15) is 16.3 Å². The first-order valence-electron chi connectivity index (χ1n) is 7.35. The van der Waals surface area contributed by atoms with Gasteiger partial charge in [-0.25, -0.2) is 13.1 Å². The third-order valence-corrected chi connectivity index (χ3v) is 5.34. The normalized spacial score (nSPS) is 13.3. The van der Waals surface area contributed by atoms with Gasteiger partial charge in [0.05, 0.1) is 7.11 Å². The van der Waals surface area contributed by atoms with Crippen LogP contribution >= 0.6 is 0 Å². The molecule has 1 aromatic heterocycles. The van der Waals surface area contributed by atoms with Crippen LogP contribution in [0.3, 0.4) is 0 Å². The first-order chi connectivity index (χ1) is 10.8. The zero-order chi connectivity index (χ0) is 17.2. The van der Waals surface area contributed by atoms with Crippen molar-refractivity contribution in [3.05, 3.63) is 41.3 Å². The number of hydrogen-bond acceptors (Lipinski definition) is 5. The Bertz CT molecular complexity index is 744. The van der Waals surface area contributed by atoms with E-state index in [1.165, 1.54) is 0 Å². The number of sulfonamides is 1. The molecular weight excluding hydrogens is 316 g/mol. The molecule has 0 saturated heterocycles. The number of benzene rings is 1. The zero-order valence-corrected chi connectivity index (χ0v) is 14.8. The lowest BCUT2D eigenvalue weighted by Crippen LogP contribution is -2.32. The van der Waals surface area contributed by atoms with Crippen molar-refractivity contribution in [3.63, 3.8) is 0 Å². The molecule has 0 fully saturated rings. The molecule has 0 aliphatic rings. The molecule has 0 spiro atoms. The van der Waals surface area contributed by atoms with E-state index >= 15 is 0 Å². The van der Waals surface area contributed by atoms with Crippen molar-refractivity contribution in [1.29, 1.82) is 0 Å². The number of aromatic nitrogens is 1. The molecule has 0 aliphatic heterocycles. The van der Waals surface area contributed by atoms with Gasteiger partial charge in [-0.2, -0.15) is 0 Å². The van der Waals surface area contributed by atoms with E-state index in [1.807, 2.05) is 38.1 Å². The van der Waals surface area contributed by atoms with E-state index in [1.54, 1.807) is 21.0 Å². The monoisotopic (exact) mass is 338 g/mol. The Morgan fingerprint density at radius 1 is 1.17 bits per heavy atom. The second-order valence-electron chi connectivity index (χ2n) is 5.77. The smallest absolute Gasteiger partial charge is 0.246 e. The second-order valence-corrected chi connectivity index (χ2v) is 7.42. The Kier molecular flexibility index (Phi) is 5.11. The number of methoxy groups -OCH3 is 1. The second kappa shape index (κ2) is 6.72. The Morgan fingerprint density at radius 2 is 1.78 bits per heavy atom. The van der Waals surface area contributed by atoms with Gasteiger partial charge in [0.25, 0.3) is 0 Å². The van der Waals surface area contributed by atoms with Gasteiger partial charge >= 0.3 is 0 Å². The minimum atomic E-state index is -3.72. The summed E-state index contributed by atoms with van der Waals surface area (Å²) in [6.45, 7) is 7.13. The maximum atomic E-state index is 12.7.